The molecule has 1 aliphatic rings. The molecule has 2 aromatic carbocycles. The molecule has 0 unspecified atom stereocenters. The minimum Gasteiger partial charge on any atom is -0.456 e. The number of ether oxygens (including phenoxy) is 2. The number of benzene rings is 2. The summed E-state index contributed by atoms with van der Waals surface area (Å²) >= 11 is 0. The molecular formula is C28H34N4O7S. The fourth-order valence-corrected chi connectivity index (χ4v) is 5.86. The van der Waals surface area contributed by atoms with E-state index in [4.69, 9.17) is 9.47 Å². The Labute approximate surface area is 233 Å². The van der Waals surface area contributed by atoms with Crippen molar-refractivity contribution in [2.75, 3.05) is 38.2 Å². The van der Waals surface area contributed by atoms with E-state index in [2.05, 4.69) is 17.2 Å². The summed E-state index contributed by atoms with van der Waals surface area (Å²) in [6.07, 6.45) is 2.13. The average Bonchev–Trinajstić information content (AvgIpc) is 3.31. The first-order valence-electron chi connectivity index (χ1n) is 13.3. The van der Waals surface area contributed by atoms with Crippen LogP contribution in [0.5, 0.6) is 0 Å². The average molecular weight is 571 g/mol. The number of hydrogen-bond donors (Lipinski definition) is 1. The molecule has 0 saturated carbocycles. The van der Waals surface area contributed by atoms with Crippen LogP contribution >= 0.6 is 0 Å². The van der Waals surface area contributed by atoms with Crippen molar-refractivity contribution in [1.82, 2.24) is 13.9 Å². The maximum Gasteiger partial charge on any atom is 0.306 e. The lowest BCUT2D eigenvalue weighted by atomic mass is 10.1. The number of ketones is 1. The third-order valence-electron chi connectivity index (χ3n) is 6.63. The Morgan fingerprint density at radius 2 is 1.80 bits per heavy atom. The van der Waals surface area contributed by atoms with E-state index in [0.29, 0.717) is 55.4 Å². The molecule has 1 aromatic heterocycles. The maximum absolute atomic E-state index is 13.1. The van der Waals surface area contributed by atoms with Gasteiger partial charge in [-0.3, -0.25) is 14.4 Å². The van der Waals surface area contributed by atoms with Gasteiger partial charge < -0.3 is 19.4 Å². The van der Waals surface area contributed by atoms with Crippen molar-refractivity contribution in [2.45, 2.75) is 51.0 Å². The molecule has 40 heavy (non-hydrogen) atoms. The standard InChI is InChI=1S/C28H34N4O7S/c1-3-4-13-32-25-10-9-23(40(36,37)31-14-16-38-17-15-31)18-24(25)30-26(32)11-12-28(35)39-19-27(34)29-22-7-5-21(6-8-22)20(2)33/h5-10,18H,3-4,11-17,19H2,1-2H3,(H,29,34). The highest BCUT2D eigenvalue weighted by molar-refractivity contribution is 7.89. The van der Waals surface area contributed by atoms with Crippen LogP contribution in [0.3, 0.4) is 0 Å². The second-order valence-corrected chi connectivity index (χ2v) is 11.5. The monoisotopic (exact) mass is 570 g/mol. The number of anilines is 1. The summed E-state index contributed by atoms with van der Waals surface area (Å²) in [4.78, 5) is 40.8. The predicted octanol–water partition coefficient (Wildman–Crippen LogP) is 3.17. The van der Waals surface area contributed by atoms with Crippen molar-refractivity contribution in [1.29, 1.82) is 0 Å². The number of unbranched alkanes of at least 4 members (excludes halogenated alkanes) is 1. The quantitative estimate of drug-likeness (QED) is 0.259. The number of carbonyl (C=O) groups excluding carboxylic acids is 3. The summed E-state index contributed by atoms with van der Waals surface area (Å²) in [7, 11) is -3.67. The number of nitrogens with one attached hydrogen (secondary N) is 1. The van der Waals surface area contributed by atoms with Crippen molar-refractivity contribution in [3.05, 3.63) is 53.9 Å². The molecule has 1 amide bonds. The van der Waals surface area contributed by atoms with E-state index >= 15 is 0 Å². The van der Waals surface area contributed by atoms with Gasteiger partial charge in [-0.2, -0.15) is 4.31 Å². The van der Waals surface area contributed by atoms with Crippen molar-refractivity contribution in [3.8, 4) is 0 Å². The SMILES string of the molecule is CCCCn1c(CCC(=O)OCC(=O)Nc2ccc(C(C)=O)cc2)nc2cc(S(=O)(=O)N3CCOCC3)ccc21. The van der Waals surface area contributed by atoms with Gasteiger partial charge in [0.2, 0.25) is 10.0 Å². The number of amides is 1. The Hall–Kier alpha value is -3.61. The summed E-state index contributed by atoms with van der Waals surface area (Å²) in [6, 6.07) is 11.4. The summed E-state index contributed by atoms with van der Waals surface area (Å²) in [5.41, 5.74) is 2.37. The van der Waals surface area contributed by atoms with E-state index in [0.717, 1.165) is 18.4 Å². The van der Waals surface area contributed by atoms with E-state index in [9.17, 15) is 22.8 Å². The third-order valence-corrected chi connectivity index (χ3v) is 8.53. The number of aromatic nitrogens is 2. The van der Waals surface area contributed by atoms with E-state index in [1.54, 1.807) is 42.5 Å². The molecule has 0 radical (unpaired) electrons. The molecule has 1 N–H and O–H groups in total. The molecule has 12 heteroatoms. The highest BCUT2D eigenvalue weighted by Crippen LogP contribution is 2.25. The first-order valence-corrected chi connectivity index (χ1v) is 14.8. The van der Waals surface area contributed by atoms with Crippen LogP contribution in [0, 0.1) is 0 Å². The second kappa shape index (κ2) is 13.2. The summed E-state index contributed by atoms with van der Waals surface area (Å²) in [6.45, 7) is 5.12. The van der Waals surface area contributed by atoms with Gasteiger partial charge in [0.05, 0.1) is 35.6 Å². The number of hydrogen-bond acceptors (Lipinski definition) is 8. The van der Waals surface area contributed by atoms with E-state index in [1.165, 1.54) is 11.2 Å². The molecule has 0 spiro atoms. The van der Waals surface area contributed by atoms with Crippen molar-refractivity contribution >= 4 is 44.4 Å². The van der Waals surface area contributed by atoms with Crippen LogP contribution in [0.25, 0.3) is 11.0 Å². The zero-order chi connectivity index (χ0) is 28.7. The zero-order valence-corrected chi connectivity index (χ0v) is 23.5. The molecule has 1 aliphatic heterocycles. The Morgan fingerprint density at radius 3 is 2.48 bits per heavy atom. The maximum atomic E-state index is 13.1. The normalized spacial score (nSPS) is 14.2. The van der Waals surface area contributed by atoms with Gasteiger partial charge in [-0.25, -0.2) is 13.4 Å². The van der Waals surface area contributed by atoms with Crippen LogP contribution in [0.2, 0.25) is 0 Å². The third kappa shape index (κ3) is 7.12. The molecule has 3 aromatic rings. The molecule has 0 aliphatic carbocycles. The lowest BCUT2D eigenvalue weighted by Crippen LogP contribution is -2.40. The highest BCUT2D eigenvalue weighted by atomic mass is 32.2. The Balaban J connectivity index is 1.39. The molecular weight excluding hydrogens is 536 g/mol. The smallest absolute Gasteiger partial charge is 0.306 e. The number of nitrogens with zero attached hydrogens (tertiary/aromatic N) is 3. The predicted molar refractivity (Wildman–Crippen MR) is 149 cm³/mol. The van der Waals surface area contributed by atoms with Crippen molar-refractivity contribution in [3.63, 3.8) is 0 Å². The van der Waals surface area contributed by atoms with E-state index in [1.807, 2.05) is 4.57 Å². The van der Waals surface area contributed by atoms with Gasteiger partial charge in [0.25, 0.3) is 5.91 Å². The first kappa shape index (κ1) is 29.4. The number of morpholine rings is 1. The van der Waals surface area contributed by atoms with Gasteiger partial charge >= 0.3 is 5.97 Å². The number of esters is 1. The van der Waals surface area contributed by atoms with Crippen LogP contribution in [-0.2, 0) is 42.1 Å². The summed E-state index contributed by atoms with van der Waals surface area (Å²) < 4.78 is 40.1. The molecule has 11 nitrogen and oxygen atoms in total. The second-order valence-electron chi connectivity index (χ2n) is 9.54. The Bertz CT molecular complexity index is 1480. The lowest BCUT2D eigenvalue weighted by Gasteiger charge is -2.26. The van der Waals surface area contributed by atoms with Gasteiger partial charge in [-0.05, 0) is 55.8 Å². The molecule has 214 valence electrons. The molecule has 2 heterocycles. The van der Waals surface area contributed by atoms with Crippen LogP contribution < -0.4 is 5.32 Å². The fourth-order valence-electron chi connectivity index (χ4n) is 4.43. The number of Topliss-reactive ketones (excluding diaryl/α,β-unsaturated/α-hetero) is 1. The first-order chi connectivity index (χ1) is 19.2. The molecule has 4 rings (SSSR count). The van der Waals surface area contributed by atoms with Gasteiger partial charge in [-0.1, -0.05) is 13.3 Å². The van der Waals surface area contributed by atoms with Crippen molar-refractivity contribution in [2.24, 2.45) is 0 Å². The van der Waals surface area contributed by atoms with Crippen LogP contribution in [0.15, 0.2) is 47.4 Å². The van der Waals surface area contributed by atoms with Crippen LogP contribution in [0.1, 0.15) is 49.3 Å². The number of fused-ring (bicyclic) bond motifs is 1. The topological polar surface area (TPSA) is 137 Å². The molecule has 0 atom stereocenters. The van der Waals surface area contributed by atoms with Gasteiger partial charge in [0.1, 0.15) is 5.82 Å². The van der Waals surface area contributed by atoms with Gasteiger partial charge in [-0.15, -0.1) is 0 Å². The van der Waals surface area contributed by atoms with Crippen molar-refractivity contribution < 1.29 is 32.3 Å². The van der Waals surface area contributed by atoms with Crippen LogP contribution in [0.4, 0.5) is 5.69 Å². The summed E-state index contributed by atoms with van der Waals surface area (Å²) in [5.74, 6) is -0.468. The minimum atomic E-state index is -3.67. The number of aryl methyl sites for hydroxylation is 2. The van der Waals surface area contributed by atoms with Gasteiger partial charge in [0, 0.05) is 37.3 Å². The van der Waals surface area contributed by atoms with E-state index < -0.39 is 28.5 Å². The largest absolute Gasteiger partial charge is 0.456 e. The Morgan fingerprint density at radius 1 is 1.07 bits per heavy atom. The van der Waals surface area contributed by atoms with Crippen LogP contribution in [-0.4, -0.2) is 72.8 Å². The molecule has 0 bridgehead atoms. The number of sulfonamides is 1. The zero-order valence-electron chi connectivity index (χ0n) is 22.7. The fraction of sp³-hybridized carbons (Fsp3) is 0.429. The number of rotatable bonds is 12. The molecule has 1 fully saturated rings. The minimum absolute atomic E-state index is 0.00890. The highest BCUT2D eigenvalue weighted by Gasteiger charge is 2.27. The van der Waals surface area contributed by atoms with E-state index in [-0.39, 0.29) is 23.5 Å². The number of carbonyl (C=O) groups is 3. The number of imidazole rings is 1. The lowest BCUT2D eigenvalue weighted by molar-refractivity contribution is -0.147. The Kier molecular flexibility index (Phi) is 9.67. The molecule has 1 saturated heterocycles. The van der Waals surface area contributed by atoms with Gasteiger partial charge in [0.15, 0.2) is 12.4 Å². The summed E-state index contributed by atoms with van der Waals surface area (Å²) in [5, 5.41) is 2.62.